The van der Waals surface area contributed by atoms with Gasteiger partial charge in [0.25, 0.3) is 0 Å². The first kappa shape index (κ1) is 19.0. The Labute approximate surface area is 148 Å². The maximum Gasteiger partial charge on any atom is 0.305 e. The summed E-state index contributed by atoms with van der Waals surface area (Å²) in [4.78, 5) is 25.1. The Kier molecular flexibility index (Phi) is 7.47. The van der Waals surface area contributed by atoms with Gasteiger partial charge in [0, 0.05) is 31.9 Å². The minimum absolute atomic E-state index is 0.0329. The Balaban J connectivity index is 2.02. The summed E-state index contributed by atoms with van der Waals surface area (Å²) >= 11 is 0. The molecular weight excluding hydrogens is 322 g/mol. The van der Waals surface area contributed by atoms with Crippen LogP contribution in [-0.2, 0) is 14.3 Å². The summed E-state index contributed by atoms with van der Waals surface area (Å²) in [6.07, 6.45) is 4.67. The topological polar surface area (TPSA) is 76.1 Å². The Morgan fingerprint density at radius 2 is 1.96 bits per heavy atom. The van der Waals surface area contributed by atoms with Crippen LogP contribution >= 0.6 is 0 Å². The summed E-state index contributed by atoms with van der Waals surface area (Å²) in [5.41, 5.74) is 0.891. The van der Waals surface area contributed by atoms with Crippen molar-refractivity contribution in [2.75, 3.05) is 26.4 Å². The van der Waals surface area contributed by atoms with E-state index in [0.29, 0.717) is 19.8 Å². The molecule has 1 fully saturated rings. The second-order valence-electron chi connectivity index (χ2n) is 5.85. The fourth-order valence-electron chi connectivity index (χ4n) is 2.79. The number of ether oxygens (including phenoxy) is 2. The molecule has 1 aromatic rings. The summed E-state index contributed by atoms with van der Waals surface area (Å²) in [6.45, 7) is 3.95. The van der Waals surface area contributed by atoms with Crippen molar-refractivity contribution in [2.24, 2.45) is 0 Å². The fraction of sp³-hybridized carbons (Fsp3) is 0.474. The highest BCUT2D eigenvalue weighted by molar-refractivity contribution is 5.92. The monoisotopic (exact) mass is 347 g/mol. The van der Waals surface area contributed by atoms with E-state index >= 15 is 0 Å². The van der Waals surface area contributed by atoms with Crippen molar-refractivity contribution in [3.8, 4) is 5.75 Å². The number of carbonyl (C=O) groups is 2. The van der Waals surface area contributed by atoms with E-state index < -0.39 is 5.97 Å². The summed E-state index contributed by atoms with van der Waals surface area (Å²) in [5.74, 6) is -0.279. The van der Waals surface area contributed by atoms with Crippen LogP contribution in [0.1, 0.15) is 31.7 Å². The van der Waals surface area contributed by atoms with Crippen molar-refractivity contribution >= 4 is 18.0 Å². The Bertz CT molecular complexity index is 590. The lowest BCUT2D eigenvalue weighted by molar-refractivity contribution is -0.138. The third kappa shape index (κ3) is 6.23. The van der Waals surface area contributed by atoms with Crippen molar-refractivity contribution in [3.05, 3.63) is 35.9 Å². The van der Waals surface area contributed by atoms with Crippen molar-refractivity contribution in [3.63, 3.8) is 0 Å². The van der Waals surface area contributed by atoms with E-state index in [4.69, 9.17) is 14.6 Å². The average molecular weight is 347 g/mol. The Hall–Kier alpha value is -2.34. The van der Waals surface area contributed by atoms with Gasteiger partial charge in [-0.2, -0.15) is 0 Å². The number of carboxylic acid groups (broad SMARTS) is 1. The first-order chi connectivity index (χ1) is 12.1. The lowest BCUT2D eigenvalue weighted by Gasteiger charge is -2.33. The molecule has 1 amide bonds. The highest BCUT2D eigenvalue weighted by atomic mass is 16.5. The van der Waals surface area contributed by atoms with Gasteiger partial charge in [0.05, 0.1) is 13.0 Å². The van der Waals surface area contributed by atoms with E-state index in [-0.39, 0.29) is 24.9 Å². The maximum absolute atomic E-state index is 12.6. The van der Waals surface area contributed by atoms with Gasteiger partial charge in [-0.05, 0) is 43.5 Å². The molecule has 0 unspecified atom stereocenters. The third-order valence-corrected chi connectivity index (χ3v) is 4.09. The molecule has 6 heteroatoms. The molecule has 0 bridgehead atoms. The lowest BCUT2D eigenvalue weighted by Crippen LogP contribution is -2.43. The molecule has 25 heavy (non-hydrogen) atoms. The molecule has 0 aromatic heterocycles. The van der Waals surface area contributed by atoms with Crippen LogP contribution in [0.4, 0.5) is 0 Å². The molecule has 1 saturated heterocycles. The smallest absolute Gasteiger partial charge is 0.305 e. The van der Waals surface area contributed by atoms with Gasteiger partial charge in [0.2, 0.25) is 5.91 Å². The van der Waals surface area contributed by atoms with Crippen molar-refractivity contribution in [2.45, 2.75) is 32.2 Å². The van der Waals surface area contributed by atoms with Crippen LogP contribution < -0.4 is 4.74 Å². The minimum Gasteiger partial charge on any atom is -0.494 e. The molecule has 1 heterocycles. The zero-order chi connectivity index (χ0) is 18.1. The van der Waals surface area contributed by atoms with Crippen LogP contribution in [0, 0.1) is 0 Å². The molecule has 1 aliphatic heterocycles. The second kappa shape index (κ2) is 9.84. The van der Waals surface area contributed by atoms with Gasteiger partial charge in [-0.3, -0.25) is 9.59 Å². The number of hydrogen-bond acceptors (Lipinski definition) is 4. The van der Waals surface area contributed by atoms with Gasteiger partial charge >= 0.3 is 5.97 Å². The third-order valence-electron chi connectivity index (χ3n) is 4.09. The van der Waals surface area contributed by atoms with E-state index in [2.05, 4.69) is 0 Å². The van der Waals surface area contributed by atoms with Crippen LogP contribution in [0.15, 0.2) is 30.3 Å². The summed E-state index contributed by atoms with van der Waals surface area (Å²) in [7, 11) is 0. The minimum atomic E-state index is -0.902. The normalized spacial score (nSPS) is 15.2. The van der Waals surface area contributed by atoms with Crippen LogP contribution in [0.2, 0.25) is 0 Å². The number of carbonyl (C=O) groups excluding carboxylic acids is 1. The standard InChI is InChI=1S/C19H25NO5/c1-2-25-17-6-3-15(4-7-17)5-8-18(21)20(12-9-19(22)23)16-10-13-24-14-11-16/h3-8,16H,2,9-14H2,1H3,(H,22,23). The Morgan fingerprint density at radius 3 is 2.56 bits per heavy atom. The SMILES string of the molecule is CCOc1ccc(C=CC(=O)N(CCC(=O)O)C2CCOCC2)cc1. The quantitative estimate of drug-likeness (QED) is 0.732. The largest absolute Gasteiger partial charge is 0.494 e. The molecule has 0 spiro atoms. The average Bonchev–Trinajstić information content (AvgIpc) is 2.62. The number of benzene rings is 1. The van der Waals surface area contributed by atoms with Gasteiger partial charge in [-0.15, -0.1) is 0 Å². The van der Waals surface area contributed by atoms with Crippen molar-refractivity contribution in [1.29, 1.82) is 0 Å². The number of rotatable bonds is 8. The van der Waals surface area contributed by atoms with Gasteiger partial charge in [0.15, 0.2) is 0 Å². The molecule has 2 rings (SSSR count). The van der Waals surface area contributed by atoms with E-state index in [9.17, 15) is 9.59 Å². The number of amides is 1. The summed E-state index contributed by atoms with van der Waals surface area (Å²) in [6, 6.07) is 7.50. The molecule has 1 N–H and O–H groups in total. The number of hydrogen-bond donors (Lipinski definition) is 1. The van der Waals surface area contributed by atoms with E-state index in [0.717, 1.165) is 24.2 Å². The molecule has 0 saturated carbocycles. The molecule has 6 nitrogen and oxygen atoms in total. The highest BCUT2D eigenvalue weighted by Gasteiger charge is 2.24. The van der Waals surface area contributed by atoms with E-state index in [1.807, 2.05) is 31.2 Å². The first-order valence-corrected chi connectivity index (χ1v) is 8.61. The van der Waals surface area contributed by atoms with E-state index in [1.165, 1.54) is 6.08 Å². The molecule has 1 aliphatic rings. The first-order valence-electron chi connectivity index (χ1n) is 8.61. The maximum atomic E-state index is 12.6. The molecule has 0 atom stereocenters. The number of nitrogens with zero attached hydrogens (tertiary/aromatic N) is 1. The Morgan fingerprint density at radius 1 is 1.28 bits per heavy atom. The van der Waals surface area contributed by atoms with Crippen LogP contribution in [0.5, 0.6) is 5.75 Å². The molecule has 0 aliphatic carbocycles. The number of carboxylic acids is 1. The van der Waals surface area contributed by atoms with Crippen molar-refractivity contribution < 1.29 is 24.2 Å². The second-order valence-corrected chi connectivity index (χ2v) is 5.85. The zero-order valence-electron chi connectivity index (χ0n) is 14.5. The highest BCUT2D eigenvalue weighted by Crippen LogP contribution is 2.17. The molecule has 136 valence electrons. The molecule has 0 radical (unpaired) electrons. The van der Waals surface area contributed by atoms with Crippen molar-refractivity contribution in [1.82, 2.24) is 4.90 Å². The van der Waals surface area contributed by atoms with Crippen LogP contribution in [0.3, 0.4) is 0 Å². The summed E-state index contributed by atoms with van der Waals surface area (Å²) in [5, 5.41) is 8.93. The molecule has 1 aromatic carbocycles. The van der Waals surface area contributed by atoms with Gasteiger partial charge < -0.3 is 19.5 Å². The number of aliphatic carboxylic acids is 1. The van der Waals surface area contributed by atoms with Crippen LogP contribution in [-0.4, -0.2) is 54.3 Å². The predicted molar refractivity (Wildman–Crippen MR) is 94.5 cm³/mol. The van der Waals surface area contributed by atoms with Gasteiger partial charge in [-0.1, -0.05) is 12.1 Å². The molecular formula is C19H25NO5. The van der Waals surface area contributed by atoms with Crippen LogP contribution in [0.25, 0.3) is 6.08 Å². The summed E-state index contributed by atoms with van der Waals surface area (Å²) < 4.78 is 10.7. The van der Waals surface area contributed by atoms with Gasteiger partial charge in [0.1, 0.15) is 5.75 Å². The zero-order valence-corrected chi connectivity index (χ0v) is 14.5. The lowest BCUT2D eigenvalue weighted by atomic mass is 10.1. The fourth-order valence-corrected chi connectivity index (χ4v) is 2.79. The predicted octanol–water partition coefficient (Wildman–Crippen LogP) is 2.58. The van der Waals surface area contributed by atoms with Gasteiger partial charge in [-0.25, -0.2) is 0 Å². The van der Waals surface area contributed by atoms with E-state index in [1.54, 1.807) is 11.0 Å².